The van der Waals surface area contributed by atoms with Gasteiger partial charge in [0, 0.05) is 10.8 Å². The van der Waals surface area contributed by atoms with Crippen LogP contribution < -0.4 is 10.1 Å². The molecule has 0 saturated heterocycles. The van der Waals surface area contributed by atoms with Crippen LogP contribution in [-0.4, -0.2) is 27.3 Å². The number of carbonyl (C=O) groups is 1. The number of ether oxygens (including phenoxy) is 1. The van der Waals surface area contributed by atoms with Crippen molar-refractivity contribution in [2.75, 3.05) is 6.61 Å². The van der Waals surface area contributed by atoms with E-state index in [-0.39, 0.29) is 12.5 Å². The van der Waals surface area contributed by atoms with Gasteiger partial charge in [-0.1, -0.05) is 108 Å². The molecule has 1 N–H and O–H groups in total. The normalized spacial score (nSPS) is 11.7. The first-order chi connectivity index (χ1) is 19.6. The van der Waals surface area contributed by atoms with Crippen LogP contribution in [0.4, 0.5) is 0 Å². The van der Waals surface area contributed by atoms with Crippen molar-refractivity contribution < 1.29 is 9.53 Å². The zero-order chi connectivity index (χ0) is 27.7. The van der Waals surface area contributed by atoms with Gasteiger partial charge in [-0.05, 0) is 54.3 Å². The number of thioether (sulfide) groups is 1. The Labute approximate surface area is 243 Å². The second kappa shape index (κ2) is 13.3. The van der Waals surface area contributed by atoms with Crippen molar-refractivity contribution in [2.24, 2.45) is 0 Å². The molecule has 0 saturated carbocycles. The van der Waals surface area contributed by atoms with E-state index in [1.807, 2.05) is 109 Å². The average molecular weight is 569 g/mol. The highest BCUT2D eigenvalue weighted by Crippen LogP contribution is 2.31. The quantitative estimate of drug-likeness (QED) is 0.174. The summed E-state index contributed by atoms with van der Waals surface area (Å²) in [5, 5.41) is 13.7. The molecular formula is C32H29ClN4O2S. The molecule has 1 amide bonds. The average Bonchev–Trinajstić information content (AvgIpc) is 3.41. The highest BCUT2D eigenvalue weighted by atomic mass is 35.5. The highest BCUT2D eigenvalue weighted by molar-refractivity contribution is 7.98. The van der Waals surface area contributed by atoms with Crippen LogP contribution >= 0.6 is 23.4 Å². The van der Waals surface area contributed by atoms with Crippen molar-refractivity contribution in [1.82, 2.24) is 20.1 Å². The lowest BCUT2D eigenvalue weighted by molar-refractivity contribution is -0.123. The van der Waals surface area contributed by atoms with Gasteiger partial charge in [-0.3, -0.25) is 9.36 Å². The Morgan fingerprint density at radius 2 is 1.55 bits per heavy atom. The molecule has 5 rings (SSSR count). The van der Waals surface area contributed by atoms with Crippen molar-refractivity contribution in [3.05, 3.63) is 137 Å². The van der Waals surface area contributed by atoms with E-state index in [4.69, 9.17) is 16.3 Å². The Kier molecular flexibility index (Phi) is 9.16. The fourth-order valence-corrected chi connectivity index (χ4v) is 5.40. The van der Waals surface area contributed by atoms with Gasteiger partial charge in [-0.15, -0.1) is 10.2 Å². The number of carbonyl (C=O) groups excluding carboxylic acids is 1. The molecule has 1 heterocycles. The van der Waals surface area contributed by atoms with Gasteiger partial charge in [-0.2, -0.15) is 0 Å². The zero-order valence-electron chi connectivity index (χ0n) is 22.0. The summed E-state index contributed by atoms with van der Waals surface area (Å²) < 4.78 is 7.74. The van der Waals surface area contributed by atoms with E-state index in [9.17, 15) is 4.79 Å². The standard InChI is InChI=1S/C32H29ClN4O2S/c1-23-17-18-26(33)20-29(23)37-31(35-36-32(37)40-22-25-13-7-3-8-14-25)28(19-24-11-5-2-6-12-24)34-30(38)21-39-27-15-9-4-10-16-27/h2-18,20,28H,19,21-22H2,1H3,(H,34,38). The van der Waals surface area contributed by atoms with Crippen LogP contribution in [0.15, 0.2) is 114 Å². The second-order valence-electron chi connectivity index (χ2n) is 9.29. The first-order valence-electron chi connectivity index (χ1n) is 13.0. The van der Waals surface area contributed by atoms with Crippen molar-refractivity contribution in [1.29, 1.82) is 0 Å². The minimum Gasteiger partial charge on any atom is -0.484 e. The maximum absolute atomic E-state index is 13.2. The number of hydrogen-bond acceptors (Lipinski definition) is 5. The number of nitrogens with one attached hydrogen (secondary N) is 1. The molecule has 40 heavy (non-hydrogen) atoms. The van der Waals surface area contributed by atoms with Crippen molar-refractivity contribution >= 4 is 29.3 Å². The van der Waals surface area contributed by atoms with Crippen LogP contribution in [-0.2, 0) is 17.0 Å². The summed E-state index contributed by atoms with van der Waals surface area (Å²) in [7, 11) is 0. The van der Waals surface area contributed by atoms with Crippen LogP contribution in [0.25, 0.3) is 5.69 Å². The molecule has 1 aromatic heterocycles. The predicted octanol–water partition coefficient (Wildman–Crippen LogP) is 7.00. The molecule has 5 aromatic rings. The number of hydrogen-bond donors (Lipinski definition) is 1. The first kappa shape index (κ1) is 27.5. The monoisotopic (exact) mass is 568 g/mol. The third kappa shape index (κ3) is 7.11. The van der Waals surface area contributed by atoms with Crippen molar-refractivity contribution in [2.45, 2.75) is 30.3 Å². The number of halogens is 1. The van der Waals surface area contributed by atoms with Crippen LogP contribution in [0.3, 0.4) is 0 Å². The van der Waals surface area contributed by atoms with E-state index < -0.39 is 6.04 Å². The molecule has 6 nitrogen and oxygen atoms in total. The second-order valence-corrected chi connectivity index (χ2v) is 10.7. The number of rotatable bonds is 11. The molecule has 4 aromatic carbocycles. The molecule has 1 unspecified atom stereocenters. The minimum absolute atomic E-state index is 0.116. The Balaban J connectivity index is 1.49. The fraction of sp³-hybridized carbons (Fsp3) is 0.156. The number of para-hydroxylation sites is 1. The predicted molar refractivity (Wildman–Crippen MR) is 160 cm³/mol. The van der Waals surface area contributed by atoms with Gasteiger partial charge >= 0.3 is 0 Å². The SMILES string of the molecule is Cc1ccc(Cl)cc1-n1c(SCc2ccccc2)nnc1C(Cc1ccccc1)NC(=O)COc1ccccc1. The van der Waals surface area contributed by atoms with Gasteiger partial charge in [0.1, 0.15) is 5.75 Å². The Morgan fingerprint density at radius 1 is 0.900 bits per heavy atom. The van der Waals surface area contributed by atoms with E-state index in [1.165, 1.54) is 5.56 Å². The highest BCUT2D eigenvalue weighted by Gasteiger charge is 2.26. The summed E-state index contributed by atoms with van der Waals surface area (Å²) in [6.45, 7) is 1.91. The molecule has 8 heteroatoms. The lowest BCUT2D eigenvalue weighted by Gasteiger charge is -2.21. The van der Waals surface area contributed by atoms with Crippen LogP contribution in [0.5, 0.6) is 5.75 Å². The van der Waals surface area contributed by atoms with E-state index in [2.05, 4.69) is 27.6 Å². The summed E-state index contributed by atoms with van der Waals surface area (Å²) in [6, 6.07) is 34.8. The maximum Gasteiger partial charge on any atom is 0.258 e. The molecule has 0 spiro atoms. The van der Waals surface area contributed by atoms with Gasteiger partial charge in [0.15, 0.2) is 17.6 Å². The van der Waals surface area contributed by atoms with Crippen LogP contribution in [0, 0.1) is 6.92 Å². The van der Waals surface area contributed by atoms with Gasteiger partial charge in [0.2, 0.25) is 0 Å². The molecule has 0 fully saturated rings. The lowest BCUT2D eigenvalue weighted by Crippen LogP contribution is -2.35. The van der Waals surface area contributed by atoms with E-state index in [0.717, 1.165) is 27.7 Å². The maximum atomic E-state index is 13.2. The summed E-state index contributed by atoms with van der Waals surface area (Å²) in [4.78, 5) is 13.2. The summed E-state index contributed by atoms with van der Waals surface area (Å²) >= 11 is 8.05. The van der Waals surface area contributed by atoms with Gasteiger partial charge < -0.3 is 10.1 Å². The largest absolute Gasteiger partial charge is 0.484 e. The van der Waals surface area contributed by atoms with Gasteiger partial charge in [0.05, 0.1) is 11.7 Å². The molecule has 202 valence electrons. The number of nitrogens with zero attached hydrogens (tertiary/aromatic N) is 3. The third-order valence-corrected chi connectivity index (χ3v) is 7.56. The molecule has 1 atom stereocenters. The number of benzene rings is 4. The summed E-state index contributed by atoms with van der Waals surface area (Å²) in [5.41, 5.74) is 4.13. The van der Waals surface area contributed by atoms with Crippen LogP contribution in [0.1, 0.15) is 28.6 Å². The zero-order valence-corrected chi connectivity index (χ0v) is 23.6. The smallest absolute Gasteiger partial charge is 0.258 e. The number of amides is 1. The summed E-state index contributed by atoms with van der Waals surface area (Å²) in [6.07, 6.45) is 0.527. The Morgan fingerprint density at radius 3 is 2.25 bits per heavy atom. The number of aromatic nitrogens is 3. The number of aryl methyl sites for hydroxylation is 1. The van der Waals surface area contributed by atoms with Gasteiger partial charge in [-0.25, -0.2) is 0 Å². The molecule has 0 radical (unpaired) electrons. The topological polar surface area (TPSA) is 69.0 Å². The molecule has 0 aliphatic heterocycles. The molecule has 0 aliphatic rings. The Hall–Kier alpha value is -4.07. The van der Waals surface area contributed by atoms with E-state index in [0.29, 0.717) is 23.0 Å². The molecule has 0 bridgehead atoms. The first-order valence-corrected chi connectivity index (χ1v) is 14.3. The molecule has 0 aliphatic carbocycles. The lowest BCUT2D eigenvalue weighted by atomic mass is 10.0. The van der Waals surface area contributed by atoms with E-state index in [1.54, 1.807) is 11.8 Å². The minimum atomic E-state index is -0.466. The van der Waals surface area contributed by atoms with Crippen molar-refractivity contribution in [3.63, 3.8) is 0 Å². The summed E-state index contributed by atoms with van der Waals surface area (Å²) in [5.74, 6) is 1.73. The van der Waals surface area contributed by atoms with Crippen LogP contribution in [0.2, 0.25) is 5.02 Å². The Bertz CT molecular complexity index is 1550. The molecular weight excluding hydrogens is 540 g/mol. The van der Waals surface area contributed by atoms with E-state index >= 15 is 0 Å². The fourth-order valence-electron chi connectivity index (χ4n) is 4.33. The van der Waals surface area contributed by atoms with Gasteiger partial charge in [0.25, 0.3) is 5.91 Å². The third-order valence-electron chi connectivity index (χ3n) is 6.32. The van der Waals surface area contributed by atoms with Crippen molar-refractivity contribution in [3.8, 4) is 11.4 Å².